The molecule has 2 aliphatic rings. The fourth-order valence-corrected chi connectivity index (χ4v) is 3.73. The summed E-state index contributed by atoms with van der Waals surface area (Å²) in [5.41, 5.74) is 0. The highest BCUT2D eigenvalue weighted by molar-refractivity contribution is 5.77. The summed E-state index contributed by atoms with van der Waals surface area (Å²) in [6.07, 6.45) is 8.51. The van der Waals surface area contributed by atoms with Crippen molar-refractivity contribution in [3.05, 3.63) is 0 Å². The fourth-order valence-electron chi connectivity index (χ4n) is 3.73. The van der Waals surface area contributed by atoms with E-state index in [9.17, 15) is 9.59 Å². The van der Waals surface area contributed by atoms with Crippen LogP contribution in [-0.2, 0) is 4.79 Å². The van der Waals surface area contributed by atoms with Crippen molar-refractivity contribution in [1.82, 2.24) is 10.6 Å². The number of carboxylic acid groups (broad SMARTS) is 1. The monoisotopic (exact) mass is 296 g/mol. The molecular formula is C16H28N2O3. The molecule has 0 aromatic carbocycles. The third-order valence-electron chi connectivity index (χ3n) is 5.24. The van der Waals surface area contributed by atoms with E-state index in [1.807, 2.05) is 0 Å². The van der Waals surface area contributed by atoms with E-state index < -0.39 is 11.9 Å². The molecule has 0 aromatic heterocycles. The Morgan fingerprint density at radius 2 is 1.71 bits per heavy atom. The van der Waals surface area contributed by atoms with Crippen molar-refractivity contribution in [2.24, 2.45) is 17.8 Å². The second-order valence-electron chi connectivity index (χ2n) is 6.63. The van der Waals surface area contributed by atoms with Gasteiger partial charge in [0.05, 0.1) is 5.92 Å². The minimum absolute atomic E-state index is 0.203. The van der Waals surface area contributed by atoms with Gasteiger partial charge < -0.3 is 15.7 Å². The van der Waals surface area contributed by atoms with Crippen LogP contribution in [0, 0.1) is 17.8 Å². The van der Waals surface area contributed by atoms with Gasteiger partial charge >= 0.3 is 12.0 Å². The zero-order chi connectivity index (χ0) is 15.2. The molecule has 3 N–H and O–H groups in total. The predicted molar refractivity (Wildman–Crippen MR) is 81.0 cm³/mol. The molecule has 5 nitrogen and oxygen atoms in total. The number of hydrogen-bond donors (Lipinski definition) is 3. The topological polar surface area (TPSA) is 78.4 Å². The van der Waals surface area contributed by atoms with Gasteiger partial charge in [-0.1, -0.05) is 32.6 Å². The summed E-state index contributed by atoms with van der Waals surface area (Å²) in [7, 11) is 0. The smallest absolute Gasteiger partial charge is 0.315 e. The van der Waals surface area contributed by atoms with Gasteiger partial charge in [-0.2, -0.15) is 0 Å². The zero-order valence-corrected chi connectivity index (χ0v) is 12.9. The minimum atomic E-state index is -0.796. The molecule has 0 saturated heterocycles. The largest absolute Gasteiger partial charge is 0.481 e. The Balaban J connectivity index is 1.67. The average molecular weight is 296 g/mol. The first-order valence-electron chi connectivity index (χ1n) is 8.37. The first kappa shape index (κ1) is 16.1. The maximum atomic E-state index is 11.9. The molecule has 120 valence electrons. The lowest BCUT2D eigenvalue weighted by Gasteiger charge is -2.28. The van der Waals surface area contributed by atoms with Gasteiger partial charge in [0.2, 0.25) is 0 Å². The SMILES string of the molecule is CCC1CCC(CNC(=O)NC2CCCC2C(=O)O)CC1. The first-order chi connectivity index (χ1) is 10.1. The molecule has 0 heterocycles. The molecule has 2 amide bonds. The Bertz CT molecular complexity index is 365. The van der Waals surface area contributed by atoms with Crippen molar-refractivity contribution in [2.45, 2.75) is 64.3 Å². The average Bonchev–Trinajstić information content (AvgIpc) is 2.94. The number of hydrogen-bond acceptors (Lipinski definition) is 2. The highest BCUT2D eigenvalue weighted by Crippen LogP contribution is 2.30. The second-order valence-corrected chi connectivity index (χ2v) is 6.63. The van der Waals surface area contributed by atoms with Gasteiger partial charge in [0.25, 0.3) is 0 Å². The van der Waals surface area contributed by atoms with E-state index >= 15 is 0 Å². The Labute approximate surface area is 126 Å². The lowest BCUT2D eigenvalue weighted by atomic mass is 9.81. The summed E-state index contributed by atoms with van der Waals surface area (Å²) in [5.74, 6) is 0.230. The van der Waals surface area contributed by atoms with E-state index in [4.69, 9.17) is 5.11 Å². The van der Waals surface area contributed by atoms with Gasteiger partial charge in [-0.05, 0) is 37.5 Å². The van der Waals surface area contributed by atoms with Gasteiger partial charge in [0.15, 0.2) is 0 Å². The van der Waals surface area contributed by atoms with Gasteiger partial charge in [0.1, 0.15) is 0 Å². The number of carbonyl (C=O) groups excluding carboxylic acids is 1. The molecule has 0 spiro atoms. The lowest BCUT2D eigenvalue weighted by Crippen LogP contribution is -2.46. The number of rotatable bonds is 5. The molecule has 2 aliphatic carbocycles. The van der Waals surface area contributed by atoms with Crippen LogP contribution in [0.2, 0.25) is 0 Å². The molecule has 0 bridgehead atoms. The van der Waals surface area contributed by atoms with Crippen LogP contribution in [0.15, 0.2) is 0 Å². The van der Waals surface area contributed by atoms with Crippen LogP contribution in [0.3, 0.4) is 0 Å². The minimum Gasteiger partial charge on any atom is -0.481 e. The summed E-state index contributed by atoms with van der Waals surface area (Å²) in [6, 6.07) is -0.413. The number of carboxylic acids is 1. The Morgan fingerprint density at radius 1 is 1.05 bits per heavy atom. The molecular weight excluding hydrogens is 268 g/mol. The summed E-state index contributed by atoms with van der Waals surface area (Å²) in [4.78, 5) is 23.0. The quantitative estimate of drug-likeness (QED) is 0.730. The summed E-state index contributed by atoms with van der Waals surface area (Å²) in [6.45, 7) is 2.96. The molecule has 2 saturated carbocycles. The molecule has 21 heavy (non-hydrogen) atoms. The first-order valence-corrected chi connectivity index (χ1v) is 8.37. The van der Waals surface area contributed by atoms with Crippen LogP contribution >= 0.6 is 0 Å². The van der Waals surface area contributed by atoms with Crippen LogP contribution in [0.5, 0.6) is 0 Å². The van der Waals surface area contributed by atoms with Crippen LogP contribution in [-0.4, -0.2) is 29.7 Å². The van der Waals surface area contributed by atoms with Crippen molar-refractivity contribution < 1.29 is 14.7 Å². The number of urea groups is 1. The van der Waals surface area contributed by atoms with Crippen LogP contribution in [0.25, 0.3) is 0 Å². The summed E-state index contributed by atoms with van der Waals surface area (Å²) >= 11 is 0. The maximum absolute atomic E-state index is 11.9. The fraction of sp³-hybridized carbons (Fsp3) is 0.875. The number of nitrogens with one attached hydrogen (secondary N) is 2. The van der Waals surface area contributed by atoms with E-state index in [-0.39, 0.29) is 12.1 Å². The van der Waals surface area contributed by atoms with Crippen molar-refractivity contribution >= 4 is 12.0 Å². The molecule has 2 rings (SSSR count). The van der Waals surface area contributed by atoms with Crippen LogP contribution in [0.4, 0.5) is 4.79 Å². The second kappa shape index (κ2) is 7.66. The van der Waals surface area contributed by atoms with Crippen molar-refractivity contribution in [2.75, 3.05) is 6.54 Å². The van der Waals surface area contributed by atoms with E-state index in [1.165, 1.54) is 32.1 Å². The standard InChI is InChI=1S/C16H28N2O3/c1-2-11-6-8-12(9-7-11)10-17-16(21)18-14-5-3-4-13(14)15(19)20/h11-14H,2-10H2,1H3,(H,19,20)(H2,17,18,21). The normalized spacial score (nSPS) is 32.6. The highest BCUT2D eigenvalue weighted by atomic mass is 16.4. The highest BCUT2D eigenvalue weighted by Gasteiger charge is 2.33. The van der Waals surface area contributed by atoms with E-state index in [1.54, 1.807) is 0 Å². The molecule has 2 fully saturated rings. The summed E-state index contributed by atoms with van der Waals surface area (Å²) < 4.78 is 0. The van der Waals surface area contributed by atoms with Crippen molar-refractivity contribution in [3.8, 4) is 0 Å². The number of carbonyl (C=O) groups is 2. The number of amides is 2. The predicted octanol–water partition coefficient (Wildman–Crippen LogP) is 2.76. The molecule has 5 heteroatoms. The molecule has 2 atom stereocenters. The van der Waals surface area contributed by atoms with Gasteiger partial charge in [-0.3, -0.25) is 4.79 Å². The molecule has 2 unspecified atom stereocenters. The molecule has 0 radical (unpaired) electrons. The Hall–Kier alpha value is -1.26. The summed E-state index contributed by atoms with van der Waals surface area (Å²) in [5, 5.41) is 14.9. The van der Waals surface area contributed by atoms with Crippen molar-refractivity contribution in [1.29, 1.82) is 0 Å². The van der Waals surface area contributed by atoms with Crippen LogP contribution in [0.1, 0.15) is 58.3 Å². The number of aliphatic carboxylic acids is 1. The van der Waals surface area contributed by atoms with E-state index in [2.05, 4.69) is 17.6 Å². The lowest BCUT2D eigenvalue weighted by molar-refractivity contribution is -0.142. The van der Waals surface area contributed by atoms with Gasteiger partial charge in [-0.15, -0.1) is 0 Å². The van der Waals surface area contributed by atoms with Crippen molar-refractivity contribution in [3.63, 3.8) is 0 Å². The maximum Gasteiger partial charge on any atom is 0.315 e. The van der Waals surface area contributed by atoms with E-state index in [0.29, 0.717) is 18.9 Å². The van der Waals surface area contributed by atoms with E-state index in [0.717, 1.165) is 18.8 Å². The van der Waals surface area contributed by atoms with Gasteiger partial charge in [0, 0.05) is 12.6 Å². The Morgan fingerprint density at radius 3 is 2.33 bits per heavy atom. The van der Waals surface area contributed by atoms with Gasteiger partial charge in [-0.25, -0.2) is 4.79 Å². The third kappa shape index (κ3) is 4.61. The molecule has 0 aromatic rings. The zero-order valence-electron chi connectivity index (χ0n) is 12.9. The third-order valence-corrected chi connectivity index (χ3v) is 5.24. The molecule has 0 aliphatic heterocycles. The van der Waals surface area contributed by atoms with Crippen LogP contribution < -0.4 is 10.6 Å². The Kier molecular flexibility index (Phi) is 5.88.